The molecular weight excluding hydrogens is 327 g/mol. The third-order valence-electron chi connectivity index (χ3n) is 2.87. The molecule has 1 aliphatic heterocycles. The highest BCUT2D eigenvalue weighted by Crippen LogP contribution is 2.38. The topological polar surface area (TPSA) is 154 Å². The van der Waals surface area contributed by atoms with Crippen LogP contribution in [0.1, 0.15) is 6.23 Å². The molecule has 1 aromatic rings. The lowest BCUT2D eigenvalue weighted by Gasteiger charge is -2.17. The van der Waals surface area contributed by atoms with Crippen molar-refractivity contribution in [3.05, 3.63) is 33.1 Å². The van der Waals surface area contributed by atoms with Crippen LogP contribution in [0, 0.1) is 0 Å². The van der Waals surface area contributed by atoms with Gasteiger partial charge in [0, 0.05) is 12.3 Å². The van der Waals surface area contributed by atoms with Crippen LogP contribution in [0.15, 0.2) is 21.9 Å². The fraction of sp³-hybridized carbons (Fsp3) is 0.556. The molecule has 5 N–H and O–H groups in total. The van der Waals surface area contributed by atoms with E-state index in [-0.39, 0.29) is 0 Å². The predicted octanol–water partition coefficient (Wildman–Crippen LogP) is -2.62. The van der Waals surface area contributed by atoms with Crippen LogP contribution in [-0.4, -0.2) is 54.5 Å². The van der Waals surface area contributed by atoms with Crippen LogP contribution < -0.4 is 11.2 Å². The molecule has 12 heteroatoms. The summed E-state index contributed by atoms with van der Waals surface area (Å²) in [6.45, 7) is -4.40. The Labute approximate surface area is 122 Å². The number of hydrogen-bond acceptors (Lipinski definition) is 7. The van der Waals surface area contributed by atoms with Crippen LogP contribution in [0.2, 0.25) is 0 Å². The summed E-state index contributed by atoms with van der Waals surface area (Å²) in [7, 11) is 0. The Bertz CT molecular complexity index is 668. The van der Waals surface area contributed by atoms with Crippen molar-refractivity contribution in [3.63, 3.8) is 0 Å². The molecule has 0 amide bonds. The molecule has 118 valence electrons. The quantitative estimate of drug-likeness (QED) is 0.371. The largest absolute Gasteiger partial charge is 0.387 e. The van der Waals surface area contributed by atoms with Gasteiger partial charge in [-0.1, -0.05) is 0 Å². The molecule has 1 unspecified atom stereocenters. The summed E-state index contributed by atoms with van der Waals surface area (Å²) < 4.78 is 10.7. The monoisotopic (exact) mass is 340 g/mol. The van der Waals surface area contributed by atoms with E-state index >= 15 is 0 Å². The van der Waals surface area contributed by atoms with E-state index in [1.54, 1.807) is 0 Å². The van der Waals surface area contributed by atoms with Gasteiger partial charge in [0.1, 0.15) is 18.3 Å². The highest BCUT2D eigenvalue weighted by molar-refractivity contribution is 8.06. The SMILES string of the molecule is O=c1ccn([C@@H]2O[C@H](COP(O)(O)=S)C(O)[C@@H]2O)c(=O)[nH]1. The average Bonchev–Trinajstić information content (AvgIpc) is 2.64. The number of nitrogens with one attached hydrogen (secondary N) is 1. The Hall–Kier alpha value is -0.910. The maximum Gasteiger partial charge on any atom is 0.330 e. The van der Waals surface area contributed by atoms with E-state index in [4.69, 9.17) is 14.5 Å². The number of aromatic nitrogens is 2. The molecular formula is C9H13N2O8PS. The number of hydrogen-bond donors (Lipinski definition) is 5. The van der Waals surface area contributed by atoms with Gasteiger partial charge < -0.3 is 29.3 Å². The molecule has 0 spiro atoms. The van der Waals surface area contributed by atoms with Crippen molar-refractivity contribution in [3.8, 4) is 0 Å². The van der Waals surface area contributed by atoms with E-state index in [0.717, 1.165) is 16.8 Å². The molecule has 10 nitrogen and oxygen atoms in total. The molecule has 0 aromatic carbocycles. The van der Waals surface area contributed by atoms with E-state index in [2.05, 4.69) is 16.3 Å². The van der Waals surface area contributed by atoms with Gasteiger partial charge in [-0.3, -0.25) is 14.3 Å². The molecule has 4 atom stereocenters. The van der Waals surface area contributed by atoms with Gasteiger partial charge in [-0.25, -0.2) is 4.79 Å². The second-order valence-corrected chi connectivity index (χ2v) is 7.02. The van der Waals surface area contributed by atoms with Crippen molar-refractivity contribution < 1.29 is 29.3 Å². The lowest BCUT2D eigenvalue weighted by molar-refractivity contribution is -0.0527. The molecule has 21 heavy (non-hydrogen) atoms. The van der Waals surface area contributed by atoms with E-state index in [1.807, 2.05) is 4.98 Å². The molecule has 0 bridgehead atoms. The highest BCUT2D eigenvalue weighted by atomic mass is 32.5. The molecule has 2 heterocycles. The third kappa shape index (κ3) is 3.84. The number of aliphatic hydroxyl groups excluding tert-OH is 2. The third-order valence-corrected chi connectivity index (χ3v) is 3.67. The number of aliphatic hydroxyl groups is 2. The standard InChI is InChI=1S/C9H13N2O8PS/c12-5-1-2-11(9(15)10-5)8-7(14)6(13)4(19-8)3-18-20(16,17)21/h1-2,4,6-8,13-14H,3H2,(H,10,12,15)(H2,16,17,21)/t4-,6?,7+,8-/m1/s1. The fourth-order valence-corrected chi connectivity index (χ4v) is 2.42. The zero-order chi connectivity index (χ0) is 15.8. The predicted molar refractivity (Wildman–Crippen MR) is 71.9 cm³/mol. The Balaban J connectivity index is 2.18. The Morgan fingerprint density at radius 1 is 1.38 bits per heavy atom. The maximum absolute atomic E-state index is 11.6. The smallest absolute Gasteiger partial charge is 0.330 e. The van der Waals surface area contributed by atoms with E-state index in [1.165, 1.54) is 0 Å². The normalized spacial score (nSPS) is 29.7. The van der Waals surface area contributed by atoms with Crippen molar-refractivity contribution in [2.45, 2.75) is 24.5 Å². The Morgan fingerprint density at radius 2 is 2.05 bits per heavy atom. The number of aromatic amines is 1. The van der Waals surface area contributed by atoms with Crippen LogP contribution in [0.3, 0.4) is 0 Å². The minimum Gasteiger partial charge on any atom is -0.387 e. The summed E-state index contributed by atoms with van der Waals surface area (Å²) in [5.41, 5.74) is -1.44. The van der Waals surface area contributed by atoms with Gasteiger partial charge in [-0.05, 0) is 11.8 Å². The van der Waals surface area contributed by atoms with Gasteiger partial charge in [0.2, 0.25) is 0 Å². The highest BCUT2D eigenvalue weighted by Gasteiger charge is 2.44. The minimum atomic E-state index is -3.93. The summed E-state index contributed by atoms with van der Waals surface area (Å²) in [4.78, 5) is 42.5. The molecule has 1 aliphatic rings. The number of nitrogens with zero attached hydrogens (tertiary/aromatic N) is 1. The van der Waals surface area contributed by atoms with Crippen molar-refractivity contribution in [2.75, 3.05) is 6.61 Å². The van der Waals surface area contributed by atoms with Gasteiger partial charge in [0.25, 0.3) is 5.56 Å². The van der Waals surface area contributed by atoms with E-state index < -0.39 is 49.1 Å². The first-order valence-electron chi connectivity index (χ1n) is 5.72. The first-order valence-corrected chi connectivity index (χ1v) is 8.35. The van der Waals surface area contributed by atoms with Gasteiger partial charge in [-0.2, -0.15) is 0 Å². The van der Waals surface area contributed by atoms with Crippen LogP contribution in [0.4, 0.5) is 0 Å². The molecule has 0 radical (unpaired) electrons. The van der Waals surface area contributed by atoms with Gasteiger partial charge >= 0.3 is 12.4 Å². The number of ether oxygens (including phenoxy) is 1. The van der Waals surface area contributed by atoms with Crippen LogP contribution >= 0.6 is 6.72 Å². The molecule has 0 saturated carbocycles. The van der Waals surface area contributed by atoms with Crippen LogP contribution in [-0.2, 0) is 21.1 Å². The molecule has 0 aliphatic carbocycles. The lowest BCUT2D eigenvalue weighted by Crippen LogP contribution is -2.37. The maximum atomic E-state index is 11.6. The summed E-state index contributed by atoms with van der Waals surface area (Å²) >= 11 is 4.25. The molecule has 2 rings (SSSR count). The lowest BCUT2D eigenvalue weighted by atomic mass is 10.1. The number of H-pyrrole nitrogens is 1. The second-order valence-electron chi connectivity index (χ2n) is 4.35. The Kier molecular flexibility index (Phi) is 4.76. The van der Waals surface area contributed by atoms with E-state index in [9.17, 15) is 19.8 Å². The van der Waals surface area contributed by atoms with Crippen molar-refractivity contribution in [1.29, 1.82) is 0 Å². The van der Waals surface area contributed by atoms with Crippen LogP contribution in [0.25, 0.3) is 0 Å². The minimum absolute atomic E-state index is 0.475. The average molecular weight is 340 g/mol. The first kappa shape index (κ1) is 16.5. The zero-order valence-electron chi connectivity index (χ0n) is 10.4. The summed E-state index contributed by atoms with van der Waals surface area (Å²) in [6, 6.07) is 1.05. The molecule has 1 fully saturated rings. The van der Waals surface area contributed by atoms with Gasteiger partial charge in [0.15, 0.2) is 6.23 Å². The number of rotatable bonds is 4. The molecule has 1 saturated heterocycles. The van der Waals surface area contributed by atoms with Crippen molar-refractivity contribution >= 4 is 18.5 Å². The van der Waals surface area contributed by atoms with Gasteiger partial charge in [-0.15, -0.1) is 0 Å². The summed E-state index contributed by atoms with van der Waals surface area (Å²) in [5.74, 6) is 0. The van der Waals surface area contributed by atoms with Gasteiger partial charge in [0.05, 0.1) is 6.61 Å². The zero-order valence-corrected chi connectivity index (χ0v) is 12.1. The second kappa shape index (κ2) is 6.07. The van der Waals surface area contributed by atoms with E-state index in [0.29, 0.717) is 0 Å². The van der Waals surface area contributed by atoms with Crippen LogP contribution in [0.5, 0.6) is 0 Å². The molecule has 1 aromatic heterocycles. The first-order chi connectivity index (χ1) is 9.69. The Morgan fingerprint density at radius 3 is 2.62 bits per heavy atom. The fourth-order valence-electron chi connectivity index (χ4n) is 1.89. The summed E-state index contributed by atoms with van der Waals surface area (Å²) in [5, 5.41) is 19.7. The summed E-state index contributed by atoms with van der Waals surface area (Å²) in [6.07, 6.45) is -4.18. The van der Waals surface area contributed by atoms with Crippen molar-refractivity contribution in [2.24, 2.45) is 0 Å². The van der Waals surface area contributed by atoms with Crippen molar-refractivity contribution in [1.82, 2.24) is 9.55 Å².